The number of allylic oxidation sites excluding steroid dienone is 6. The third kappa shape index (κ3) is 3.49. The molecule has 186 valence electrons. The fourth-order valence-electron chi connectivity index (χ4n) is 6.13. The van der Waals surface area contributed by atoms with Gasteiger partial charge in [-0.3, -0.25) is 28.9 Å². The van der Waals surface area contributed by atoms with Crippen molar-refractivity contribution in [3.05, 3.63) is 58.2 Å². The number of benzene rings is 1. The molecule has 0 radical (unpaired) electrons. The van der Waals surface area contributed by atoms with Gasteiger partial charge in [0.25, 0.3) is 0 Å². The van der Waals surface area contributed by atoms with Gasteiger partial charge >= 0.3 is 5.97 Å². The second kappa shape index (κ2) is 8.58. The van der Waals surface area contributed by atoms with E-state index < -0.39 is 41.5 Å². The van der Waals surface area contributed by atoms with E-state index in [4.69, 9.17) is 9.84 Å². The van der Waals surface area contributed by atoms with Crippen molar-refractivity contribution < 1.29 is 38.9 Å². The molecule has 1 heterocycles. The summed E-state index contributed by atoms with van der Waals surface area (Å²) in [5, 5.41) is 19.2. The lowest BCUT2D eigenvalue weighted by atomic mass is 9.59. The smallest absolute Gasteiger partial charge is 0.305 e. The second-order valence-electron chi connectivity index (χ2n) is 9.63. The third-order valence-electron chi connectivity index (χ3n) is 7.74. The molecule has 9 nitrogen and oxygen atoms in total. The molecule has 0 saturated carbocycles. The van der Waals surface area contributed by atoms with Gasteiger partial charge in [0.05, 0.1) is 25.4 Å². The average molecular weight is 491 g/mol. The number of imide groups is 1. The van der Waals surface area contributed by atoms with E-state index in [0.717, 1.165) is 10.5 Å². The number of amides is 2. The van der Waals surface area contributed by atoms with Crippen LogP contribution in [0, 0.1) is 17.8 Å². The Morgan fingerprint density at radius 1 is 1.14 bits per heavy atom. The van der Waals surface area contributed by atoms with Crippen LogP contribution in [0.4, 0.5) is 0 Å². The number of rotatable bonds is 5. The van der Waals surface area contributed by atoms with Crippen LogP contribution in [0.1, 0.15) is 37.7 Å². The van der Waals surface area contributed by atoms with E-state index >= 15 is 0 Å². The van der Waals surface area contributed by atoms with E-state index in [1.807, 2.05) is 6.08 Å². The molecule has 1 aromatic carbocycles. The van der Waals surface area contributed by atoms with Crippen molar-refractivity contribution in [3.63, 3.8) is 0 Å². The molecule has 3 aliphatic carbocycles. The van der Waals surface area contributed by atoms with Crippen molar-refractivity contribution in [3.8, 4) is 11.5 Å². The van der Waals surface area contributed by atoms with Crippen LogP contribution in [-0.4, -0.2) is 58.1 Å². The van der Waals surface area contributed by atoms with Gasteiger partial charge in [0.1, 0.15) is 0 Å². The predicted molar refractivity (Wildman–Crippen MR) is 125 cm³/mol. The first-order valence-electron chi connectivity index (χ1n) is 11.8. The Balaban J connectivity index is 1.63. The van der Waals surface area contributed by atoms with Crippen molar-refractivity contribution >= 4 is 29.4 Å². The van der Waals surface area contributed by atoms with Crippen molar-refractivity contribution in [2.45, 2.75) is 32.1 Å². The van der Waals surface area contributed by atoms with Crippen LogP contribution < -0.4 is 4.74 Å². The third-order valence-corrected chi connectivity index (χ3v) is 7.74. The summed E-state index contributed by atoms with van der Waals surface area (Å²) in [7, 11) is 1.41. The highest BCUT2D eigenvalue weighted by Crippen LogP contribution is 2.55. The number of carboxylic acid groups (broad SMARTS) is 1. The number of carboxylic acids is 1. The number of hydrogen-bond donors (Lipinski definition) is 2. The Hall–Kier alpha value is -4.01. The Kier molecular flexibility index (Phi) is 5.65. The normalized spacial score (nSPS) is 27.3. The number of nitrogens with zero attached hydrogens (tertiary/aromatic N) is 1. The van der Waals surface area contributed by atoms with Crippen molar-refractivity contribution in [2.75, 3.05) is 13.7 Å². The zero-order valence-corrected chi connectivity index (χ0v) is 19.8. The maximum atomic E-state index is 13.4. The standard InChI is InChI=1S/C27H25NO8/c1-12-9-19(30)24-17(25(12)33)11-16-14(22(24)13-3-6-18(29)20(10-13)36-2)4-5-15-23(16)27(35)28(26(15)34)8-7-21(31)32/h3-4,6,9-10,15-16,22-23,29H,5,7-8,11H2,1-2H3,(H,31,32)/t15-,16+,22-,23-/m0/s1. The topological polar surface area (TPSA) is 138 Å². The number of aromatic hydroxyl groups is 1. The van der Waals surface area contributed by atoms with Gasteiger partial charge in [-0.2, -0.15) is 0 Å². The van der Waals surface area contributed by atoms with Crippen LogP contribution >= 0.6 is 0 Å². The zero-order valence-electron chi connectivity index (χ0n) is 19.8. The maximum absolute atomic E-state index is 13.4. The molecule has 4 atom stereocenters. The molecule has 9 heteroatoms. The molecular weight excluding hydrogens is 466 g/mol. The number of aliphatic carboxylic acids is 1. The number of likely N-dealkylation sites (tertiary alicyclic amines) is 1. The van der Waals surface area contributed by atoms with Gasteiger partial charge in [0.15, 0.2) is 23.1 Å². The first kappa shape index (κ1) is 23.7. The molecule has 1 aromatic rings. The first-order valence-corrected chi connectivity index (χ1v) is 11.8. The minimum atomic E-state index is -1.10. The van der Waals surface area contributed by atoms with E-state index in [1.54, 1.807) is 19.1 Å². The van der Waals surface area contributed by atoms with Gasteiger partial charge in [-0.15, -0.1) is 0 Å². The summed E-state index contributed by atoms with van der Waals surface area (Å²) in [6.45, 7) is 1.38. The zero-order chi connectivity index (χ0) is 25.9. The first-order chi connectivity index (χ1) is 17.1. The van der Waals surface area contributed by atoms with E-state index in [2.05, 4.69) is 0 Å². The summed E-state index contributed by atoms with van der Waals surface area (Å²) < 4.78 is 5.27. The summed E-state index contributed by atoms with van der Waals surface area (Å²) in [4.78, 5) is 65.0. The minimum Gasteiger partial charge on any atom is -0.504 e. The second-order valence-corrected chi connectivity index (χ2v) is 9.63. The Bertz CT molecular complexity index is 1330. The van der Waals surface area contributed by atoms with Crippen LogP contribution in [0.3, 0.4) is 0 Å². The molecule has 36 heavy (non-hydrogen) atoms. The monoisotopic (exact) mass is 491 g/mol. The van der Waals surface area contributed by atoms with Gasteiger partial charge in [0.2, 0.25) is 11.8 Å². The van der Waals surface area contributed by atoms with E-state index in [1.165, 1.54) is 19.3 Å². The molecule has 2 amide bonds. The number of carbonyl (C=O) groups excluding carboxylic acids is 4. The number of phenolic OH excluding ortho intramolecular Hbond substituents is 1. The molecule has 1 fully saturated rings. The summed E-state index contributed by atoms with van der Waals surface area (Å²) >= 11 is 0. The van der Waals surface area contributed by atoms with Crippen molar-refractivity contribution in [1.29, 1.82) is 0 Å². The summed E-state index contributed by atoms with van der Waals surface area (Å²) in [5.41, 5.74) is 2.40. The number of fused-ring (bicyclic) bond motifs is 3. The lowest BCUT2D eigenvalue weighted by molar-refractivity contribution is -0.142. The summed E-state index contributed by atoms with van der Waals surface area (Å²) in [6.07, 6.45) is 3.29. The lowest BCUT2D eigenvalue weighted by Crippen LogP contribution is -2.40. The van der Waals surface area contributed by atoms with Gasteiger partial charge in [-0.25, -0.2) is 0 Å². The van der Waals surface area contributed by atoms with Crippen molar-refractivity contribution in [2.24, 2.45) is 17.8 Å². The van der Waals surface area contributed by atoms with Crippen molar-refractivity contribution in [1.82, 2.24) is 4.90 Å². The number of ketones is 2. The molecule has 5 rings (SSSR count). The fourth-order valence-corrected chi connectivity index (χ4v) is 6.13. The molecule has 4 aliphatic rings. The number of ether oxygens (including phenoxy) is 1. The molecule has 0 spiro atoms. The highest BCUT2D eigenvalue weighted by atomic mass is 16.5. The molecule has 0 unspecified atom stereocenters. The molecule has 2 N–H and O–H groups in total. The van der Waals surface area contributed by atoms with Crippen LogP contribution in [0.2, 0.25) is 0 Å². The molecule has 1 aliphatic heterocycles. The number of methoxy groups -OCH3 is 1. The minimum absolute atomic E-state index is 0.0760. The fraction of sp³-hybridized carbons (Fsp3) is 0.370. The van der Waals surface area contributed by atoms with Crippen LogP contribution in [-0.2, 0) is 24.0 Å². The SMILES string of the molecule is COc1cc([C@H]2C3=CC[C@@H]4C(=O)N(CCC(=O)O)C(=O)[C@@H]4[C@@H]3CC3=C2C(=O)C=C(C)C3=O)ccc1O. The van der Waals surface area contributed by atoms with E-state index in [9.17, 15) is 29.1 Å². The number of phenols is 1. The quantitative estimate of drug-likeness (QED) is 0.364. The van der Waals surface area contributed by atoms with Crippen LogP contribution in [0.25, 0.3) is 0 Å². The Labute approximate surface area is 206 Å². The van der Waals surface area contributed by atoms with Gasteiger partial charge in [0, 0.05) is 29.2 Å². The highest BCUT2D eigenvalue weighted by molar-refractivity contribution is 6.23. The van der Waals surface area contributed by atoms with Gasteiger partial charge in [-0.1, -0.05) is 17.7 Å². The predicted octanol–water partition coefficient (Wildman–Crippen LogP) is 2.31. The molecular formula is C27H25NO8. The molecule has 1 saturated heterocycles. The Morgan fingerprint density at radius 2 is 1.89 bits per heavy atom. The van der Waals surface area contributed by atoms with Gasteiger partial charge in [-0.05, 0) is 49.5 Å². The maximum Gasteiger partial charge on any atom is 0.305 e. The average Bonchev–Trinajstić information content (AvgIpc) is 3.09. The van der Waals surface area contributed by atoms with E-state index in [-0.39, 0.29) is 48.9 Å². The summed E-state index contributed by atoms with van der Waals surface area (Å²) in [5.74, 6) is -4.87. The summed E-state index contributed by atoms with van der Waals surface area (Å²) in [6, 6.07) is 4.73. The molecule has 0 bridgehead atoms. The number of hydrogen-bond acceptors (Lipinski definition) is 7. The van der Waals surface area contributed by atoms with E-state index in [0.29, 0.717) is 22.3 Å². The lowest BCUT2D eigenvalue weighted by Gasteiger charge is -2.42. The van der Waals surface area contributed by atoms with Crippen LogP contribution in [0.5, 0.6) is 11.5 Å². The van der Waals surface area contributed by atoms with Crippen LogP contribution in [0.15, 0.2) is 52.6 Å². The van der Waals surface area contributed by atoms with Gasteiger partial charge < -0.3 is 14.9 Å². The molecule has 0 aromatic heterocycles. The number of carbonyl (C=O) groups is 5. The Morgan fingerprint density at radius 3 is 2.58 bits per heavy atom. The largest absolute Gasteiger partial charge is 0.504 e. The number of Topliss-reactive ketones (excluding diaryl/α,β-unsaturated/α-hetero) is 1. The highest BCUT2D eigenvalue weighted by Gasteiger charge is 2.56.